The molecule has 0 saturated heterocycles. The fourth-order valence-electron chi connectivity index (χ4n) is 3.87. The van der Waals surface area contributed by atoms with Crippen molar-refractivity contribution in [2.75, 3.05) is 6.61 Å². The topological polar surface area (TPSA) is 27.7 Å². The van der Waals surface area contributed by atoms with Gasteiger partial charge in [-0.15, -0.1) is 0 Å². The van der Waals surface area contributed by atoms with Crippen LogP contribution in [0, 0.1) is 11.8 Å². The zero-order valence-corrected chi connectivity index (χ0v) is 20.8. The van der Waals surface area contributed by atoms with Crippen molar-refractivity contribution in [3.63, 3.8) is 0 Å². The lowest BCUT2D eigenvalue weighted by Gasteiger charge is -2.30. The van der Waals surface area contributed by atoms with Crippen molar-refractivity contribution in [2.24, 2.45) is 0 Å². The Morgan fingerprint density at radius 3 is 2.03 bits per heavy atom. The third-order valence-corrected chi connectivity index (χ3v) is 5.95. The molecule has 0 radical (unpaired) electrons. The highest BCUT2D eigenvalue weighted by Crippen LogP contribution is 2.22. The van der Waals surface area contributed by atoms with E-state index in [0.29, 0.717) is 19.8 Å². The Labute approximate surface area is 209 Å². The predicted octanol–water partition coefficient (Wildman–Crippen LogP) is 6.46. The lowest BCUT2D eigenvalue weighted by molar-refractivity contribution is -0.107. The van der Waals surface area contributed by atoms with Gasteiger partial charge in [0.2, 0.25) is 0 Å². The third kappa shape index (κ3) is 7.67. The molecule has 0 saturated carbocycles. The molecular weight excluding hydrogens is 432 g/mol. The van der Waals surface area contributed by atoms with Crippen LogP contribution in [0.5, 0.6) is 0 Å². The Morgan fingerprint density at radius 1 is 0.771 bits per heavy atom. The van der Waals surface area contributed by atoms with Crippen LogP contribution < -0.4 is 0 Å². The van der Waals surface area contributed by atoms with Crippen molar-refractivity contribution in [3.05, 3.63) is 119 Å². The van der Waals surface area contributed by atoms with Crippen LogP contribution in [0.3, 0.4) is 0 Å². The SMILES string of the molecule is CC(C)(C)c1ccc(C#C[C@@H]2C=C[C@H](OCc3ccccc3)[C@@H](COCc3ccccc3)O2)cc1. The van der Waals surface area contributed by atoms with Gasteiger partial charge in [0, 0.05) is 5.56 Å². The normalized spacial score (nSPS) is 19.7. The Balaban J connectivity index is 1.41. The summed E-state index contributed by atoms with van der Waals surface area (Å²) in [6.07, 6.45) is 3.30. The van der Waals surface area contributed by atoms with Crippen molar-refractivity contribution < 1.29 is 14.2 Å². The van der Waals surface area contributed by atoms with Crippen molar-refractivity contribution in [2.45, 2.75) is 57.7 Å². The molecule has 3 nitrogen and oxygen atoms in total. The van der Waals surface area contributed by atoms with E-state index in [9.17, 15) is 0 Å². The van der Waals surface area contributed by atoms with E-state index in [1.807, 2.05) is 42.5 Å². The molecule has 0 aliphatic carbocycles. The minimum atomic E-state index is -0.306. The van der Waals surface area contributed by atoms with E-state index < -0.39 is 0 Å². The molecule has 0 bridgehead atoms. The van der Waals surface area contributed by atoms with Crippen molar-refractivity contribution in [1.82, 2.24) is 0 Å². The Hall–Kier alpha value is -3.16. The van der Waals surface area contributed by atoms with Gasteiger partial charge in [0.25, 0.3) is 0 Å². The molecule has 3 atom stereocenters. The molecule has 3 aromatic carbocycles. The third-order valence-electron chi connectivity index (χ3n) is 5.95. The van der Waals surface area contributed by atoms with Gasteiger partial charge in [-0.3, -0.25) is 0 Å². The second kappa shape index (κ2) is 12.0. The van der Waals surface area contributed by atoms with Gasteiger partial charge in [0.1, 0.15) is 18.3 Å². The largest absolute Gasteiger partial charge is 0.374 e. The van der Waals surface area contributed by atoms with Gasteiger partial charge >= 0.3 is 0 Å². The summed E-state index contributed by atoms with van der Waals surface area (Å²) < 4.78 is 18.5. The zero-order valence-electron chi connectivity index (χ0n) is 20.8. The fourth-order valence-corrected chi connectivity index (χ4v) is 3.87. The second-order valence-corrected chi connectivity index (χ2v) is 9.84. The average Bonchev–Trinajstić information content (AvgIpc) is 2.88. The Morgan fingerprint density at radius 2 is 1.40 bits per heavy atom. The average molecular weight is 467 g/mol. The zero-order chi connectivity index (χ0) is 24.5. The lowest BCUT2D eigenvalue weighted by Crippen LogP contribution is -2.39. The summed E-state index contributed by atoms with van der Waals surface area (Å²) in [5.74, 6) is 6.52. The maximum absolute atomic E-state index is 6.31. The highest BCUT2D eigenvalue weighted by molar-refractivity contribution is 5.39. The molecule has 4 rings (SSSR count). The Kier molecular flexibility index (Phi) is 8.55. The van der Waals surface area contributed by atoms with Gasteiger partial charge in [0.05, 0.1) is 19.8 Å². The molecule has 1 heterocycles. The van der Waals surface area contributed by atoms with E-state index in [-0.39, 0.29) is 23.7 Å². The summed E-state index contributed by atoms with van der Waals surface area (Å²) in [4.78, 5) is 0. The number of ether oxygens (including phenoxy) is 3. The molecule has 3 heteroatoms. The summed E-state index contributed by atoms with van der Waals surface area (Å²) in [5, 5.41) is 0. The first-order valence-electron chi connectivity index (χ1n) is 12.2. The molecule has 0 unspecified atom stereocenters. The standard InChI is InChI=1S/C32H34O3/c1-32(2,3)28-17-14-25(15-18-28)16-19-29-20-21-30(34-23-27-12-8-5-9-13-27)31(35-29)24-33-22-26-10-6-4-7-11-26/h4-15,17-18,20-21,29-31H,22-24H2,1-3H3/t29-,30+,31-/m1/s1. The molecule has 0 amide bonds. The smallest absolute Gasteiger partial charge is 0.137 e. The minimum absolute atomic E-state index is 0.128. The molecule has 0 spiro atoms. The van der Waals surface area contributed by atoms with Gasteiger partial charge in [-0.05, 0) is 40.3 Å². The lowest BCUT2D eigenvalue weighted by atomic mass is 9.87. The van der Waals surface area contributed by atoms with Crippen LogP contribution in [0.2, 0.25) is 0 Å². The first-order valence-corrected chi connectivity index (χ1v) is 12.2. The minimum Gasteiger partial charge on any atom is -0.374 e. The van der Waals surface area contributed by atoms with Crippen LogP contribution in [0.25, 0.3) is 0 Å². The predicted molar refractivity (Wildman–Crippen MR) is 141 cm³/mol. The summed E-state index contributed by atoms with van der Waals surface area (Å²) in [5.41, 5.74) is 4.67. The second-order valence-electron chi connectivity index (χ2n) is 9.84. The number of benzene rings is 3. The highest BCUT2D eigenvalue weighted by atomic mass is 16.6. The summed E-state index contributed by atoms with van der Waals surface area (Å²) in [6, 6.07) is 28.8. The maximum atomic E-state index is 6.31. The fraction of sp³-hybridized carbons (Fsp3) is 0.312. The molecule has 0 aromatic heterocycles. The van der Waals surface area contributed by atoms with Gasteiger partial charge in [-0.2, -0.15) is 0 Å². The van der Waals surface area contributed by atoms with E-state index in [2.05, 4.69) is 87.2 Å². The maximum Gasteiger partial charge on any atom is 0.137 e. The van der Waals surface area contributed by atoms with Crippen LogP contribution in [0.1, 0.15) is 43.0 Å². The van der Waals surface area contributed by atoms with Crippen LogP contribution in [0.4, 0.5) is 0 Å². The van der Waals surface area contributed by atoms with Crippen molar-refractivity contribution in [1.29, 1.82) is 0 Å². The van der Waals surface area contributed by atoms with Crippen LogP contribution in [-0.2, 0) is 32.8 Å². The highest BCUT2D eigenvalue weighted by Gasteiger charge is 2.27. The van der Waals surface area contributed by atoms with E-state index in [4.69, 9.17) is 14.2 Å². The van der Waals surface area contributed by atoms with Crippen molar-refractivity contribution >= 4 is 0 Å². The number of hydrogen-bond donors (Lipinski definition) is 0. The van der Waals surface area contributed by atoms with E-state index in [0.717, 1.165) is 16.7 Å². The molecule has 0 fully saturated rings. The quantitative estimate of drug-likeness (QED) is 0.295. The molecule has 35 heavy (non-hydrogen) atoms. The van der Waals surface area contributed by atoms with Gasteiger partial charge < -0.3 is 14.2 Å². The van der Waals surface area contributed by atoms with Crippen LogP contribution in [0.15, 0.2) is 97.1 Å². The number of rotatable bonds is 7. The summed E-state index contributed by atoms with van der Waals surface area (Å²) in [6.45, 7) is 8.12. The van der Waals surface area contributed by atoms with E-state index in [1.54, 1.807) is 0 Å². The molecule has 1 aliphatic heterocycles. The Bertz CT molecular complexity index is 1130. The molecule has 180 valence electrons. The van der Waals surface area contributed by atoms with E-state index >= 15 is 0 Å². The van der Waals surface area contributed by atoms with Crippen LogP contribution >= 0.6 is 0 Å². The number of hydrogen-bond acceptors (Lipinski definition) is 3. The monoisotopic (exact) mass is 466 g/mol. The van der Waals surface area contributed by atoms with Gasteiger partial charge in [-0.25, -0.2) is 0 Å². The molecule has 0 N–H and O–H groups in total. The molecular formula is C32H34O3. The summed E-state index contributed by atoms with van der Waals surface area (Å²) >= 11 is 0. The van der Waals surface area contributed by atoms with E-state index in [1.165, 1.54) is 5.56 Å². The van der Waals surface area contributed by atoms with Crippen molar-refractivity contribution in [3.8, 4) is 11.8 Å². The van der Waals surface area contributed by atoms with Gasteiger partial charge in [0.15, 0.2) is 0 Å². The van der Waals surface area contributed by atoms with Gasteiger partial charge in [-0.1, -0.05) is 111 Å². The molecule has 3 aromatic rings. The summed E-state index contributed by atoms with van der Waals surface area (Å²) in [7, 11) is 0. The van der Waals surface area contributed by atoms with Crippen LogP contribution in [-0.4, -0.2) is 24.9 Å². The first-order chi connectivity index (χ1) is 17.0. The first kappa shape index (κ1) is 24.9. The molecule has 1 aliphatic rings.